The Balaban J connectivity index is 2.26. The minimum absolute atomic E-state index is 0.0220. The number of anilines is 1. The lowest BCUT2D eigenvalue weighted by molar-refractivity contribution is 0.278. The molecule has 8 heteroatoms. The Morgan fingerprint density at radius 3 is 2.63 bits per heavy atom. The third kappa shape index (κ3) is 3.00. The zero-order valence-corrected chi connectivity index (χ0v) is 12.0. The number of nitrogen functional groups attached to an aromatic ring is 1. The zero-order chi connectivity index (χ0) is 14.0. The van der Waals surface area contributed by atoms with Gasteiger partial charge in [0, 0.05) is 19.3 Å². The van der Waals surface area contributed by atoms with Gasteiger partial charge >= 0.3 is 0 Å². The number of nitrogens with zero attached hydrogens (tertiary/aromatic N) is 2. The van der Waals surface area contributed by atoms with E-state index < -0.39 is 10.0 Å². The molecule has 0 unspecified atom stereocenters. The average Bonchev–Trinajstić information content (AvgIpc) is 2.41. The topological polar surface area (TPSA) is 102 Å². The van der Waals surface area contributed by atoms with Gasteiger partial charge in [0.05, 0.1) is 5.02 Å². The van der Waals surface area contributed by atoms with Gasteiger partial charge in [-0.15, -0.1) is 0 Å². The summed E-state index contributed by atoms with van der Waals surface area (Å²) in [6, 6.07) is 1.34. The zero-order valence-electron chi connectivity index (χ0n) is 10.4. The summed E-state index contributed by atoms with van der Waals surface area (Å²) in [4.78, 5) is 3.77. The largest absolute Gasteiger partial charge is 0.383 e. The van der Waals surface area contributed by atoms with Crippen molar-refractivity contribution in [3.63, 3.8) is 0 Å². The molecular formula is C11H17ClN4O2S. The summed E-state index contributed by atoms with van der Waals surface area (Å²) in [5, 5.41) is 0.254. The maximum atomic E-state index is 12.5. The molecule has 0 aliphatic carbocycles. The summed E-state index contributed by atoms with van der Waals surface area (Å²) in [5.41, 5.74) is 11.2. The van der Waals surface area contributed by atoms with E-state index >= 15 is 0 Å². The van der Waals surface area contributed by atoms with E-state index in [-0.39, 0.29) is 15.7 Å². The van der Waals surface area contributed by atoms with Crippen LogP contribution in [0.15, 0.2) is 17.2 Å². The quantitative estimate of drug-likeness (QED) is 0.854. The molecule has 0 bridgehead atoms. The van der Waals surface area contributed by atoms with Crippen molar-refractivity contribution in [2.45, 2.75) is 17.7 Å². The van der Waals surface area contributed by atoms with Crippen LogP contribution in [0.2, 0.25) is 5.02 Å². The average molecular weight is 305 g/mol. The van der Waals surface area contributed by atoms with Gasteiger partial charge in [0.1, 0.15) is 10.7 Å². The molecule has 0 spiro atoms. The number of sulfonamides is 1. The predicted molar refractivity (Wildman–Crippen MR) is 74.2 cm³/mol. The molecule has 4 N–H and O–H groups in total. The second-order valence-electron chi connectivity index (χ2n) is 4.62. The predicted octanol–water partition coefficient (Wildman–Crippen LogP) is 0.677. The molecule has 0 amide bonds. The Morgan fingerprint density at radius 2 is 2.05 bits per heavy atom. The Kier molecular flexibility index (Phi) is 4.29. The molecule has 19 heavy (non-hydrogen) atoms. The van der Waals surface area contributed by atoms with Crippen LogP contribution in [0.1, 0.15) is 12.8 Å². The van der Waals surface area contributed by atoms with Crippen LogP contribution < -0.4 is 11.5 Å². The molecule has 106 valence electrons. The van der Waals surface area contributed by atoms with Crippen molar-refractivity contribution in [3.8, 4) is 0 Å². The summed E-state index contributed by atoms with van der Waals surface area (Å²) in [6.45, 7) is 1.50. The number of halogens is 1. The highest BCUT2D eigenvalue weighted by atomic mass is 35.5. The minimum Gasteiger partial charge on any atom is -0.383 e. The van der Waals surface area contributed by atoms with Gasteiger partial charge in [-0.2, -0.15) is 4.31 Å². The van der Waals surface area contributed by atoms with Crippen molar-refractivity contribution < 1.29 is 8.42 Å². The van der Waals surface area contributed by atoms with Gasteiger partial charge in [-0.3, -0.25) is 0 Å². The fourth-order valence-electron chi connectivity index (χ4n) is 2.16. The van der Waals surface area contributed by atoms with Gasteiger partial charge in [-0.25, -0.2) is 13.4 Å². The van der Waals surface area contributed by atoms with E-state index in [2.05, 4.69) is 4.98 Å². The lowest BCUT2D eigenvalue weighted by Gasteiger charge is -2.30. The Bertz CT molecular complexity index is 556. The van der Waals surface area contributed by atoms with Gasteiger partial charge in [0.2, 0.25) is 10.0 Å². The van der Waals surface area contributed by atoms with Gasteiger partial charge in [0.15, 0.2) is 0 Å². The maximum absolute atomic E-state index is 12.5. The second kappa shape index (κ2) is 5.62. The van der Waals surface area contributed by atoms with Crippen molar-refractivity contribution in [1.29, 1.82) is 0 Å². The number of hydrogen-bond donors (Lipinski definition) is 2. The van der Waals surface area contributed by atoms with Crippen LogP contribution in [-0.4, -0.2) is 37.3 Å². The summed E-state index contributed by atoms with van der Waals surface area (Å²) in [7, 11) is -3.63. The Hall–Kier alpha value is -0.890. The van der Waals surface area contributed by atoms with E-state index in [9.17, 15) is 8.42 Å². The van der Waals surface area contributed by atoms with Gasteiger partial charge in [0.25, 0.3) is 0 Å². The van der Waals surface area contributed by atoms with Crippen LogP contribution in [0.5, 0.6) is 0 Å². The molecule has 1 aliphatic rings. The second-order valence-corrected chi connectivity index (χ2v) is 6.96. The first-order chi connectivity index (χ1) is 8.95. The Labute approximate surface area is 117 Å². The third-order valence-corrected chi connectivity index (χ3v) is 5.51. The smallest absolute Gasteiger partial charge is 0.246 e. The highest BCUT2D eigenvalue weighted by Gasteiger charge is 2.30. The highest BCUT2D eigenvalue weighted by molar-refractivity contribution is 7.89. The van der Waals surface area contributed by atoms with Crippen LogP contribution in [0.3, 0.4) is 0 Å². The molecule has 1 aromatic rings. The lowest BCUT2D eigenvalue weighted by atomic mass is 9.99. The van der Waals surface area contributed by atoms with Crippen molar-refractivity contribution in [3.05, 3.63) is 17.3 Å². The lowest BCUT2D eigenvalue weighted by Crippen LogP contribution is -2.40. The SMILES string of the molecule is NCC1CCN(S(=O)(=O)c2cc(Cl)cnc2N)CC1. The molecule has 6 nitrogen and oxygen atoms in total. The monoisotopic (exact) mass is 304 g/mol. The van der Waals surface area contributed by atoms with Crippen LogP contribution in [0.4, 0.5) is 5.82 Å². The number of piperidine rings is 1. The van der Waals surface area contributed by atoms with Crippen LogP contribution in [-0.2, 0) is 10.0 Å². The maximum Gasteiger partial charge on any atom is 0.246 e. The van der Waals surface area contributed by atoms with E-state index in [0.29, 0.717) is 25.6 Å². The Morgan fingerprint density at radius 1 is 1.42 bits per heavy atom. The number of nitrogens with two attached hydrogens (primary N) is 2. The van der Waals surface area contributed by atoms with Crippen LogP contribution >= 0.6 is 11.6 Å². The molecule has 2 rings (SSSR count). The molecule has 0 atom stereocenters. The minimum atomic E-state index is -3.63. The van der Waals surface area contributed by atoms with Crippen molar-refractivity contribution in [2.24, 2.45) is 11.7 Å². The molecule has 0 aromatic carbocycles. The number of aromatic nitrogens is 1. The number of pyridine rings is 1. The third-order valence-electron chi connectivity index (χ3n) is 3.37. The molecule has 0 saturated carbocycles. The van der Waals surface area contributed by atoms with E-state index in [4.69, 9.17) is 23.1 Å². The van der Waals surface area contributed by atoms with Crippen molar-refractivity contribution in [1.82, 2.24) is 9.29 Å². The van der Waals surface area contributed by atoms with Crippen molar-refractivity contribution >= 4 is 27.4 Å². The summed E-state index contributed by atoms with van der Waals surface area (Å²) in [6.07, 6.45) is 2.86. The molecular weight excluding hydrogens is 288 g/mol. The van der Waals surface area contributed by atoms with Crippen LogP contribution in [0.25, 0.3) is 0 Å². The van der Waals surface area contributed by atoms with E-state index in [0.717, 1.165) is 12.8 Å². The van der Waals surface area contributed by atoms with Crippen molar-refractivity contribution in [2.75, 3.05) is 25.4 Å². The molecule has 1 aliphatic heterocycles. The first-order valence-electron chi connectivity index (χ1n) is 6.06. The van der Waals surface area contributed by atoms with E-state index in [1.807, 2.05) is 0 Å². The number of rotatable bonds is 3. The van der Waals surface area contributed by atoms with E-state index in [1.165, 1.54) is 16.6 Å². The van der Waals surface area contributed by atoms with Gasteiger partial charge in [-0.05, 0) is 31.4 Å². The summed E-state index contributed by atoms with van der Waals surface area (Å²) in [5.74, 6) is 0.367. The van der Waals surface area contributed by atoms with Crippen LogP contribution in [0, 0.1) is 5.92 Å². The van der Waals surface area contributed by atoms with Gasteiger partial charge in [-0.1, -0.05) is 11.6 Å². The first kappa shape index (κ1) is 14.5. The molecule has 1 fully saturated rings. The molecule has 0 radical (unpaired) electrons. The summed E-state index contributed by atoms with van der Waals surface area (Å²) < 4.78 is 26.4. The summed E-state index contributed by atoms with van der Waals surface area (Å²) >= 11 is 5.79. The van der Waals surface area contributed by atoms with Gasteiger partial charge < -0.3 is 11.5 Å². The normalized spacial score (nSPS) is 18.6. The first-order valence-corrected chi connectivity index (χ1v) is 7.88. The molecule has 1 saturated heterocycles. The standard InChI is InChI=1S/C11H17ClN4O2S/c12-9-5-10(11(14)15-7-9)19(17,18)16-3-1-8(6-13)2-4-16/h5,7-8H,1-4,6,13H2,(H2,14,15). The highest BCUT2D eigenvalue weighted by Crippen LogP contribution is 2.27. The fraction of sp³-hybridized carbons (Fsp3) is 0.545. The molecule has 1 aromatic heterocycles. The number of hydrogen-bond acceptors (Lipinski definition) is 5. The molecule has 2 heterocycles. The van der Waals surface area contributed by atoms with E-state index in [1.54, 1.807) is 0 Å². The fourth-order valence-corrected chi connectivity index (χ4v) is 3.95.